The molecule has 124 valence electrons. The molecule has 0 fully saturated rings. The topological polar surface area (TPSA) is 76.6 Å². The van der Waals surface area contributed by atoms with E-state index in [9.17, 15) is 0 Å². The molecule has 1 N–H and O–H groups in total. The predicted molar refractivity (Wildman–Crippen MR) is 95.3 cm³/mol. The van der Waals surface area contributed by atoms with E-state index >= 15 is 0 Å². The minimum atomic E-state index is 0.723. The van der Waals surface area contributed by atoms with Crippen molar-refractivity contribution in [3.8, 4) is 16.9 Å². The van der Waals surface area contributed by atoms with Crippen molar-refractivity contribution in [2.45, 2.75) is 12.8 Å². The Morgan fingerprint density at radius 3 is 2.84 bits per heavy atom. The summed E-state index contributed by atoms with van der Waals surface area (Å²) in [7, 11) is 1.66. The molecule has 0 atom stereocenters. The summed E-state index contributed by atoms with van der Waals surface area (Å²) < 4.78 is 5.28. The normalized spacial score (nSPS) is 10.9. The molecule has 0 bridgehead atoms. The molecule has 4 heterocycles. The number of aromatic nitrogens is 5. The fraction of sp³-hybridized carbons (Fsp3) is 0.158. The van der Waals surface area contributed by atoms with Gasteiger partial charge in [-0.05, 0) is 30.5 Å². The van der Waals surface area contributed by atoms with Crippen LogP contribution in [0.5, 0.6) is 5.75 Å². The summed E-state index contributed by atoms with van der Waals surface area (Å²) in [5.41, 5.74) is 5.94. The molecule has 4 rings (SSSR count). The Morgan fingerprint density at radius 1 is 1.04 bits per heavy atom. The first-order valence-electron chi connectivity index (χ1n) is 8.05. The van der Waals surface area contributed by atoms with Crippen LogP contribution in [-0.2, 0) is 12.8 Å². The zero-order valence-corrected chi connectivity index (χ0v) is 13.8. The van der Waals surface area contributed by atoms with Crippen LogP contribution in [0.3, 0.4) is 0 Å². The Bertz CT molecular complexity index is 997. The molecule has 4 aromatic heterocycles. The lowest BCUT2D eigenvalue weighted by atomic mass is 9.98. The van der Waals surface area contributed by atoms with Gasteiger partial charge in [-0.2, -0.15) is 0 Å². The van der Waals surface area contributed by atoms with Crippen molar-refractivity contribution < 1.29 is 4.74 Å². The highest BCUT2D eigenvalue weighted by atomic mass is 16.5. The molecule has 25 heavy (non-hydrogen) atoms. The van der Waals surface area contributed by atoms with Gasteiger partial charge in [-0.3, -0.25) is 9.97 Å². The Morgan fingerprint density at radius 2 is 2.00 bits per heavy atom. The fourth-order valence-electron chi connectivity index (χ4n) is 2.95. The number of H-pyrrole nitrogens is 1. The smallest absolute Gasteiger partial charge is 0.177 e. The van der Waals surface area contributed by atoms with Crippen molar-refractivity contribution in [1.29, 1.82) is 0 Å². The molecule has 0 aliphatic rings. The number of nitrogens with one attached hydrogen (secondary N) is 1. The lowest BCUT2D eigenvalue weighted by molar-refractivity contribution is 0.413. The molecule has 0 amide bonds. The van der Waals surface area contributed by atoms with E-state index in [-0.39, 0.29) is 0 Å². The van der Waals surface area contributed by atoms with Crippen molar-refractivity contribution in [2.24, 2.45) is 0 Å². The molecule has 4 aromatic rings. The highest BCUT2D eigenvalue weighted by molar-refractivity contribution is 5.83. The van der Waals surface area contributed by atoms with Gasteiger partial charge in [0.25, 0.3) is 0 Å². The number of hydrogen-bond donors (Lipinski definition) is 1. The summed E-state index contributed by atoms with van der Waals surface area (Å²) in [4.78, 5) is 20.6. The van der Waals surface area contributed by atoms with Gasteiger partial charge in [-0.1, -0.05) is 6.07 Å². The first-order chi connectivity index (χ1) is 12.3. The molecule has 6 nitrogen and oxygen atoms in total. The SMILES string of the molecule is COc1ccnc(CCc2c(-c3cccnc3)cnc3nc[nH]c23)c1. The zero-order chi connectivity index (χ0) is 17.1. The van der Waals surface area contributed by atoms with Crippen LogP contribution in [0.2, 0.25) is 0 Å². The first-order valence-corrected chi connectivity index (χ1v) is 8.05. The number of hydrogen-bond acceptors (Lipinski definition) is 5. The van der Waals surface area contributed by atoms with E-state index in [0.717, 1.165) is 46.6 Å². The van der Waals surface area contributed by atoms with Crippen LogP contribution in [0.25, 0.3) is 22.3 Å². The van der Waals surface area contributed by atoms with Crippen LogP contribution in [0.4, 0.5) is 0 Å². The van der Waals surface area contributed by atoms with E-state index in [1.165, 1.54) is 5.56 Å². The molecule has 0 radical (unpaired) electrons. The molecule has 0 aliphatic heterocycles. The second-order valence-electron chi connectivity index (χ2n) is 5.68. The maximum absolute atomic E-state index is 5.28. The van der Waals surface area contributed by atoms with Crippen LogP contribution in [0, 0.1) is 0 Å². The minimum absolute atomic E-state index is 0.723. The van der Waals surface area contributed by atoms with E-state index < -0.39 is 0 Å². The first kappa shape index (κ1) is 15.3. The van der Waals surface area contributed by atoms with Crippen molar-refractivity contribution in [1.82, 2.24) is 24.9 Å². The van der Waals surface area contributed by atoms with Gasteiger partial charge in [0, 0.05) is 47.7 Å². The summed E-state index contributed by atoms with van der Waals surface area (Å²) in [6.45, 7) is 0. The molecule has 0 saturated carbocycles. The summed E-state index contributed by atoms with van der Waals surface area (Å²) in [6, 6.07) is 7.79. The Hall–Kier alpha value is -3.28. The monoisotopic (exact) mass is 331 g/mol. The maximum Gasteiger partial charge on any atom is 0.177 e. The van der Waals surface area contributed by atoms with Gasteiger partial charge in [0.1, 0.15) is 5.75 Å². The highest BCUT2D eigenvalue weighted by Gasteiger charge is 2.13. The molecule has 0 spiro atoms. The van der Waals surface area contributed by atoms with Gasteiger partial charge in [0.2, 0.25) is 0 Å². The molecule has 0 aliphatic carbocycles. The number of imidazole rings is 1. The third-order valence-electron chi connectivity index (χ3n) is 4.19. The summed E-state index contributed by atoms with van der Waals surface area (Å²) >= 11 is 0. The van der Waals surface area contributed by atoms with E-state index in [0.29, 0.717) is 0 Å². The largest absolute Gasteiger partial charge is 0.497 e. The highest BCUT2D eigenvalue weighted by Crippen LogP contribution is 2.28. The Labute approximate surface area is 145 Å². The van der Waals surface area contributed by atoms with E-state index in [4.69, 9.17) is 4.74 Å². The average Bonchev–Trinajstić information content (AvgIpc) is 3.16. The third kappa shape index (κ3) is 3.06. The van der Waals surface area contributed by atoms with E-state index in [1.54, 1.807) is 25.8 Å². The number of pyridine rings is 3. The maximum atomic E-state index is 5.28. The van der Waals surface area contributed by atoms with Crippen molar-refractivity contribution in [3.05, 3.63) is 66.6 Å². The lowest BCUT2D eigenvalue weighted by Gasteiger charge is -2.10. The number of fused-ring (bicyclic) bond motifs is 1. The summed E-state index contributed by atoms with van der Waals surface area (Å²) in [5, 5.41) is 0. The molecule has 6 heteroatoms. The lowest BCUT2D eigenvalue weighted by Crippen LogP contribution is -1.99. The average molecular weight is 331 g/mol. The van der Waals surface area contributed by atoms with E-state index in [1.807, 2.05) is 36.7 Å². The zero-order valence-electron chi connectivity index (χ0n) is 13.8. The number of aromatic amines is 1. The fourth-order valence-corrected chi connectivity index (χ4v) is 2.95. The number of rotatable bonds is 5. The van der Waals surface area contributed by atoms with Crippen molar-refractivity contribution >= 4 is 11.2 Å². The molecule has 0 aromatic carbocycles. The van der Waals surface area contributed by atoms with Crippen molar-refractivity contribution in [2.75, 3.05) is 7.11 Å². The number of aryl methyl sites for hydroxylation is 2. The summed E-state index contributed by atoms with van der Waals surface area (Å²) in [6.07, 6.45) is 10.5. The molecule has 0 saturated heterocycles. The van der Waals surface area contributed by atoms with Gasteiger partial charge in [0.15, 0.2) is 5.65 Å². The van der Waals surface area contributed by atoms with Gasteiger partial charge >= 0.3 is 0 Å². The Kier molecular flexibility index (Phi) is 4.08. The quantitative estimate of drug-likeness (QED) is 0.608. The van der Waals surface area contributed by atoms with Crippen LogP contribution in [-0.4, -0.2) is 32.0 Å². The second-order valence-corrected chi connectivity index (χ2v) is 5.68. The van der Waals surface area contributed by atoms with Crippen LogP contribution >= 0.6 is 0 Å². The molecular weight excluding hydrogens is 314 g/mol. The standard InChI is InChI=1S/C19H17N5O/c1-25-15-6-8-21-14(9-15)4-5-16-17(13-3-2-7-20-10-13)11-22-19-18(16)23-12-24-19/h2-3,6-12H,4-5H2,1H3,(H,22,23,24). The van der Waals surface area contributed by atoms with Crippen LogP contribution in [0.15, 0.2) is 55.4 Å². The molecule has 0 unspecified atom stereocenters. The van der Waals surface area contributed by atoms with Gasteiger partial charge in [0.05, 0.1) is 19.0 Å². The second kappa shape index (κ2) is 6.68. The van der Waals surface area contributed by atoms with Gasteiger partial charge in [-0.15, -0.1) is 0 Å². The van der Waals surface area contributed by atoms with E-state index in [2.05, 4.69) is 24.9 Å². The summed E-state index contributed by atoms with van der Waals surface area (Å²) in [5.74, 6) is 0.818. The Balaban J connectivity index is 1.73. The number of methoxy groups -OCH3 is 1. The van der Waals surface area contributed by atoms with Crippen LogP contribution in [0.1, 0.15) is 11.3 Å². The number of nitrogens with zero attached hydrogens (tertiary/aromatic N) is 4. The van der Waals surface area contributed by atoms with Gasteiger partial charge in [-0.25, -0.2) is 9.97 Å². The van der Waals surface area contributed by atoms with Crippen molar-refractivity contribution in [3.63, 3.8) is 0 Å². The predicted octanol–water partition coefficient (Wildman–Crippen LogP) is 3.21. The number of ether oxygens (including phenoxy) is 1. The molecular formula is C19H17N5O. The van der Waals surface area contributed by atoms with Crippen LogP contribution < -0.4 is 4.74 Å². The third-order valence-corrected chi connectivity index (χ3v) is 4.19. The van der Waals surface area contributed by atoms with Gasteiger partial charge < -0.3 is 9.72 Å². The minimum Gasteiger partial charge on any atom is -0.497 e.